The smallest absolute Gasteiger partial charge is 0.0245 e. The molecule has 0 unspecified atom stereocenters. The van der Waals surface area contributed by atoms with Crippen molar-refractivity contribution in [1.29, 1.82) is 0 Å². The fourth-order valence-corrected chi connectivity index (χ4v) is 1.26. The predicted molar refractivity (Wildman–Crippen MR) is 62.2 cm³/mol. The van der Waals surface area contributed by atoms with Crippen molar-refractivity contribution in [2.24, 2.45) is 0 Å². The first-order chi connectivity index (χ1) is 6.83. The van der Waals surface area contributed by atoms with E-state index >= 15 is 0 Å². The lowest BCUT2D eigenvalue weighted by Gasteiger charge is -1.92. The lowest BCUT2D eigenvalue weighted by molar-refractivity contribution is 0.737. The molecule has 0 radical (unpaired) electrons. The molecule has 1 rings (SSSR count). The molecule has 0 aliphatic heterocycles. The van der Waals surface area contributed by atoms with E-state index in [2.05, 4.69) is 50.0 Å². The Hall–Kier alpha value is -1.22. The molecule has 0 heteroatoms. The molecule has 0 aliphatic rings. The van der Waals surface area contributed by atoms with Crippen LogP contribution in [0.4, 0.5) is 0 Å². The third kappa shape index (κ3) is 4.14. The second-order valence-electron chi connectivity index (χ2n) is 3.62. The van der Waals surface area contributed by atoms with E-state index in [0.717, 1.165) is 12.0 Å². The van der Waals surface area contributed by atoms with Crippen molar-refractivity contribution in [3.63, 3.8) is 0 Å². The topological polar surface area (TPSA) is 0 Å². The quantitative estimate of drug-likeness (QED) is 0.495. The van der Waals surface area contributed by atoms with Gasteiger partial charge in [0, 0.05) is 12.0 Å². The maximum Gasteiger partial charge on any atom is 0.0245 e. The predicted octanol–water partition coefficient (Wildman–Crippen LogP) is 3.93. The summed E-state index contributed by atoms with van der Waals surface area (Å²) in [5.74, 6) is 6.39. The van der Waals surface area contributed by atoms with Crippen LogP contribution < -0.4 is 0 Å². The summed E-state index contributed by atoms with van der Waals surface area (Å²) in [5, 5.41) is 0. The fraction of sp³-hybridized carbons (Fsp3) is 0.429. The van der Waals surface area contributed by atoms with E-state index in [4.69, 9.17) is 0 Å². The second kappa shape index (κ2) is 6.27. The molecular formula is C14H18. The summed E-state index contributed by atoms with van der Waals surface area (Å²) in [6.45, 7) is 4.31. The van der Waals surface area contributed by atoms with Gasteiger partial charge in [-0.1, -0.05) is 49.3 Å². The van der Waals surface area contributed by atoms with Gasteiger partial charge in [-0.15, -0.1) is 0 Å². The first kappa shape index (κ1) is 10.9. The van der Waals surface area contributed by atoms with Crippen molar-refractivity contribution in [3.8, 4) is 11.8 Å². The Bertz CT molecular complexity index is 308. The molecule has 0 heterocycles. The number of rotatable bonds is 3. The maximum atomic E-state index is 3.21. The van der Waals surface area contributed by atoms with Crippen molar-refractivity contribution >= 4 is 0 Å². The number of hydrogen-bond acceptors (Lipinski definition) is 0. The summed E-state index contributed by atoms with van der Waals surface area (Å²) in [7, 11) is 0. The zero-order valence-corrected chi connectivity index (χ0v) is 9.14. The summed E-state index contributed by atoms with van der Waals surface area (Å²) in [6, 6.07) is 8.39. The van der Waals surface area contributed by atoms with Gasteiger partial charge in [0.1, 0.15) is 0 Å². The highest BCUT2D eigenvalue weighted by atomic mass is 13.9. The molecule has 1 aromatic carbocycles. The number of aryl methyl sites for hydroxylation is 1. The van der Waals surface area contributed by atoms with Crippen molar-refractivity contribution in [3.05, 3.63) is 35.4 Å². The molecule has 14 heavy (non-hydrogen) atoms. The Balaban J connectivity index is 2.39. The highest BCUT2D eigenvalue weighted by Crippen LogP contribution is 2.02. The molecule has 0 aromatic heterocycles. The standard InChI is InChI=1S/C14H18/c1-3-4-5-6-7-8-14-11-9-13(2)10-12-14/h9-12H,3-6H2,1-2H3. The van der Waals surface area contributed by atoms with E-state index in [1.807, 2.05) is 0 Å². The van der Waals surface area contributed by atoms with Gasteiger partial charge in [0.25, 0.3) is 0 Å². The Morgan fingerprint density at radius 3 is 2.43 bits per heavy atom. The van der Waals surface area contributed by atoms with Gasteiger partial charge in [-0.05, 0) is 25.5 Å². The highest BCUT2D eigenvalue weighted by Gasteiger charge is 1.85. The van der Waals surface area contributed by atoms with Crippen LogP contribution in [0.15, 0.2) is 24.3 Å². The van der Waals surface area contributed by atoms with Gasteiger partial charge in [0.2, 0.25) is 0 Å². The Morgan fingerprint density at radius 2 is 1.79 bits per heavy atom. The maximum absolute atomic E-state index is 3.21. The van der Waals surface area contributed by atoms with Gasteiger partial charge >= 0.3 is 0 Å². The van der Waals surface area contributed by atoms with E-state index in [1.165, 1.54) is 24.8 Å². The minimum Gasteiger partial charge on any atom is -0.0979 e. The minimum atomic E-state index is 1.03. The van der Waals surface area contributed by atoms with Crippen LogP contribution in [0.25, 0.3) is 0 Å². The summed E-state index contributed by atoms with van der Waals surface area (Å²) in [6.07, 6.45) is 4.83. The zero-order chi connectivity index (χ0) is 10.2. The number of benzene rings is 1. The number of unbranched alkanes of at least 4 members (excludes halogenated alkanes) is 3. The van der Waals surface area contributed by atoms with Crippen molar-refractivity contribution < 1.29 is 0 Å². The molecule has 0 nitrogen and oxygen atoms in total. The monoisotopic (exact) mass is 186 g/mol. The molecule has 0 saturated carbocycles. The summed E-state index contributed by atoms with van der Waals surface area (Å²) in [4.78, 5) is 0. The van der Waals surface area contributed by atoms with Gasteiger partial charge in [-0.25, -0.2) is 0 Å². The van der Waals surface area contributed by atoms with Crippen molar-refractivity contribution in [2.45, 2.75) is 39.5 Å². The molecule has 74 valence electrons. The van der Waals surface area contributed by atoms with Gasteiger partial charge < -0.3 is 0 Å². The molecule has 0 saturated heterocycles. The van der Waals surface area contributed by atoms with Crippen LogP contribution in [-0.2, 0) is 0 Å². The molecule has 0 N–H and O–H groups in total. The molecule has 0 bridgehead atoms. The van der Waals surface area contributed by atoms with Crippen molar-refractivity contribution in [2.75, 3.05) is 0 Å². The lowest BCUT2D eigenvalue weighted by Crippen LogP contribution is -1.76. The third-order valence-corrected chi connectivity index (χ3v) is 2.19. The normalized spacial score (nSPS) is 9.29. The largest absolute Gasteiger partial charge is 0.0979 e. The van der Waals surface area contributed by atoms with Crippen LogP contribution in [0.3, 0.4) is 0 Å². The van der Waals surface area contributed by atoms with Crippen LogP contribution in [0.1, 0.15) is 43.7 Å². The molecule has 0 fully saturated rings. The Morgan fingerprint density at radius 1 is 1.07 bits per heavy atom. The van der Waals surface area contributed by atoms with Crippen molar-refractivity contribution in [1.82, 2.24) is 0 Å². The van der Waals surface area contributed by atoms with Crippen LogP contribution in [-0.4, -0.2) is 0 Å². The molecule has 1 aromatic rings. The molecule has 0 aliphatic carbocycles. The molecule has 0 amide bonds. The van der Waals surface area contributed by atoms with Gasteiger partial charge in [0.05, 0.1) is 0 Å². The van der Waals surface area contributed by atoms with Crippen LogP contribution in [0.5, 0.6) is 0 Å². The third-order valence-electron chi connectivity index (χ3n) is 2.19. The molecule has 0 spiro atoms. The highest BCUT2D eigenvalue weighted by molar-refractivity contribution is 5.35. The van der Waals surface area contributed by atoms with Crippen LogP contribution >= 0.6 is 0 Å². The summed E-state index contributed by atoms with van der Waals surface area (Å²) < 4.78 is 0. The van der Waals surface area contributed by atoms with E-state index < -0.39 is 0 Å². The van der Waals surface area contributed by atoms with Gasteiger partial charge in [-0.3, -0.25) is 0 Å². The van der Waals surface area contributed by atoms with E-state index in [9.17, 15) is 0 Å². The second-order valence-corrected chi connectivity index (χ2v) is 3.62. The van der Waals surface area contributed by atoms with E-state index in [1.54, 1.807) is 0 Å². The first-order valence-corrected chi connectivity index (χ1v) is 5.38. The van der Waals surface area contributed by atoms with E-state index in [-0.39, 0.29) is 0 Å². The molecule has 0 atom stereocenters. The van der Waals surface area contributed by atoms with Crippen LogP contribution in [0, 0.1) is 18.8 Å². The lowest BCUT2D eigenvalue weighted by atomic mass is 10.1. The average Bonchev–Trinajstić information content (AvgIpc) is 2.21. The average molecular weight is 186 g/mol. The SMILES string of the molecule is CCCCCC#Cc1ccc(C)cc1. The van der Waals surface area contributed by atoms with Gasteiger partial charge in [-0.2, -0.15) is 0 Å². The van der Waals surface area contributed by atoms with Gasteiger partial charge in [0.15, 0.2) is 0 Å². The Kier molecular flexibility index (Phi) is 4.86. The minimum absolute atomic E-state index is 1.03. The molecular weight excluding hydrogens is 168 g/mol. The van der Waals surface area contributed by atoms with Crippen LogP contribution in [0.2, 0.25) is 0 Å². The first-order valence-electron chi connectivity index (χ1n) is 5.38. The number of hydrogen-bond donors (Lipinski definition) is 0. The zero-order valence-electron chi connectivity index (χ0n) is 9.14. The summed E-state index contributed by atoms with van der Waals surface area (Å²) in [5.41, 5.74) is 2.42. The van der Waals surface area contributed by atoms with E-state index in [0.29, 0.717) is 0 Å². The Labute approximate surface area is 87.4 Å². The fourth-order valence-electron chi connectivity index (χ4n) is 1.26. The summed E-state index contributed by atoms with van der Waals surface area (Å²) >= 11 is 0.